The Labute approximate surface area is 75.6 Å². The maximum absolute atomic E-state index is 9.15. The first kappa shape index (κ1) is 11.3. The molecule has 0 radical (unpaired) electrons. The summed E-state index contributed by atoms with van der Waals surface area (Å²) < 4.78 is 0. The van der Waals surface area contributed by atoms with E-state index in [2.05, 4.69) is 26.5 Å². The summed E-state index contributed by atoms with van der Waals surface area (Å²) in [7, 11) is 0. The van der Waals surface area contributed by atoms with Crippen molar-refractivity contribution in [2.75, 3.05) is 12.4 Å². The normalized spacial score (nSPS) is 16.4. The number of thiol groups is 1. The van der Waals surface area contributed by atoms with Crippen molar-refractivity contribution in [1.82, 2.24) is 0 Å². The highest BCUT2D eigenvalue weighted by Crippen LogP contribution is 2.29. The topological polar surface area (TPSA) is 20.2 Å². The van der Waals surface area contributed by atoms with Crippen molar-refractivity contribution in [3.8, 4) is 0 Å². The average Bonchev–Trinajstić information content (AvgIpc) is 2.08. The van der Waals surface area contributed by atoms with Gasteiger partial charge in [-0.05, 0) is 18.6 Å². The summed E-state index contributed by atoms with van der Waals surface area (Å²) in [6, 6.07) is 0. The lowest BCUT2D eigenvalue weighted by Crippen LogP contribution is -2.26. The summed E-state index contributed by atoms with van der Waals surface area (Å²) in [4.78, 5) is 0. The minimum Gasteiger partial charge on any atom is -0.396 e. The van der Waals surface area contributed by atoms with Gasteiger partial charge in [0.2, 0.25) is 0 Å². The van der Waals surface area contributed by atoms with Crippen LogP contribution >= 0.6 is 12.6 Å². The van der Waals surface area contributed by atoms with Gasteiger partial charge in [0.1, 0.15) is 0 Å². The first-order valence-electron chi connectivity index (χ1n) is 4.46. The van der Waals surface area contributed by atoms with Crippen molar-refractivity contribution in [2.45, 2.75) is 39.5 Å². The highest BCUT2D eigenvalue weighted by molar-refractivity contribution is 7.80. The molecule has 0 amide bonds. The average molecular weight is 176 g/mol. The molecule has 0 aliphatic rings. The third-order valence-electron chi connectivity index (χ3n) is 2.48. The van der Waals surface area contributed by atoms with Crippen molar-refractivity contribution in [3.63, 3.8) is 0 Å². The fourth-order valence-electron chi connectivity index (χ4n) is 1.16. The van der Waals surface area contributed by atoms with Crippen molar-refractivity contribution in [1.29, 1.82) is 0 Å². The first-order valence-corrected chi connectivity index (χ1v) is 5.09. The van der Waals surface area contributed by atoms with Gasteiger partial charge in [-0.2, -0.15) is 12.6 Å². The molecule has 1 unspecified atom stereocenters. The highest BCUT2D eigenvalue weighted by atomic mass is 32.1. The van der Waals surface area contributed by atoms with E-state index in [1.54, 1.807) is 0 Å². The van der Waals surface area contributed by atoms with Crippen LogP contribution in [0.4, 0.5) is 0 Å². The third-order valence-corrected chi connectivity index (χ3v) is 3.15. The second kappa shape index (κ2) is 5.90. The van der Waals surface area contributed by atoms with Crippen LogP contribution in [0.5, 0.6) is 0 Å². The van der Waals surface area contributed by atoms with Gasteiger partial charge in [0.15, 0.2) is 0 Å². The summed E-state index contributed by atoms with van der Waals surface area (Å²) >= 11 is 4.27. The molecule has 1 atom stereocenters. The molecule has 0 bridgehead atoms. The summed E-state index contributed by atoms with van der Waals surface area (Å²) in [5.41, 5.74) is 0.0964. The molecule has 0 aliphatic heterocycles. The Morgan fingerprint density at radius 1 is 1.36 bits per heavy atom. The van der Waals surface area contributed by atoms with Crippen molar-refractivity contribution in [3.05, 3.63) is 0 Å². The van der Waals surface area contributed by atoms with Crippen molar-refractivity contribution >= 4 is 12.6 Å². The lowest BCUT2D eigenvalue weighted by Gasteiger charge is -2.28. The van der Waals surface area contributed by atoms with Gasteiger partial charge >= 0.3 is 0 Å². The van der Waals surface area contributed by atoms with Crippen LogP contribution in [-0.4, -0.2) is 17.5 Å². The molecular weight excluding hydrogens is 156 g/mol. The Morgan fingerprint density at radius 3 is 2.27 bits per heavy atom. The van der Waals surface area contributed by atoms with Gasteiger partial charge < -0.3 is 5.11 Å². The van der Waals surface area contributed by atoms with Gasteiger partial charge in [0.25, 0.3) is 0 Å². The minimum atomic E-state index is 0.0964. The second-order valence-corrected chi connectivity index (χ2v) is 3.59. The van der Waals surface area contributed by atoms with Gasteiger partial charge in [-0.25, -0.2) is 0 Å². The molecule has 0 aromatic carbocycles. The fraction of sp³-hybridized carbons (Fsp3) is 1.00. The molecule has 68 valence electrons. The van der Waals surface area contributed by atoms with Crippen molar-refractivity contribution < 1.29 is 5.11 Å². The highest BCUT2D eigenvalue weighted by Gasteiger charge is 2.24. The van der Waals surface area contributed by atoms with E-state index >= 15 is 0 Å². The van der Waals surface area contributed by atoms with Gasteiger partial charge in [-0.1, -0.05) is 26.7 Å². The number of hydrogen-bond acceptors (Lipinski definition) is 2. The predicted octanol–water partition coefficient (Wildman–Crippen LogP) is 2.50. The molecule has 0 heterocycles. The van der Waals surface area contributed by atoms with Crippen LogP contribution in [0.2, 0.25) is 0 Å². The third kappa shape index (κ3) is 3.48. The quantitative estimate of drug-likeness (QED) is 0.596. The monoisotopic (exact) mass is 176 g/mol. The Balaban J connectivity index is 3.84. The van der Waals surface area contributed by atoms with Gasteiger partial charge in [0.05, 0.1) is 0 Å². The zero-order valence-corrected chi connectivity index (χ0v) is 8.53. The summed E-state index contributed by atoms with van der Waals surface area (Å²) in [5, 5.41) is 9.15. The molecule has 0 aliphatic carbocycles. The van der Waals surface area contributed by atoms with E-state index in [4.69, 9.17) is 5.11 Å². The molecule has 0 fully saturated rings. The van der Waals surface area contributed by atoms with E-state index in [1.165, 1.54) is 12.8 Å². The van der Waals surface area contributed by atoms with Crippen LogP contribution in [-0.2, 0) is 0 Å². The first-order chi connectivity index (χ1) is 5.24. The Bertz CT molecular complexity index is 81.3. The van der Waals surface area contributed by atoms with Gasteiger partial charge in [-0.15, -0.1) is 0 Å². The molecule has 0 aromatic heterocycles. The van der Waals surface area contributed by atoms with E-state index in [1.807, 2.05) is 0 Å². The second-order valence-electron chi connectivity index (χ2n) is 3.27. The van der Waals surface area contributed by atoms with Crippen LogP contribution in [0.1, 0.15) is 39.5 Å². The minimum absolute atomic E-state index is 0.0964. The van der Waals surface area contributed by atoms with Gasteiger partial charge in [0, 0.05) is 12.0 Å². The lowest BCUT2D eigenvalue weighted by molar-refractivity contribution is 0.130. The summed E-state index contributed by atoms with van der Waals surface area (Å²) in [6.07, 6.45) is 4.55. The summed E-state index contributed by atoms with van der Waals surface area (Å²) in [5.74, 6) is 0.806. The lowest BCUT2D eigenvalue weighted by atomic mass is 9.83. The van der Waals surface area contributed by atoms with Crippen LogP contribution in [0.25, 0.3) is 0 Å². The number of hydrogen-bond donors (Lipinski definition) is 2. The van der Waals surface area contributed by atoms with Crippen LogP contribution in [0.3, 0.4) is 0 Å². The molecule has 0 aromatic rings. The summed E-state index contributed by atoms with van der Waals surface area (Å²) in [6.45, 7) is 4.59. The molecule has 2 heteroatoms. The Morgan fingerprint density at radius 2 is 2.00 bits per heavy atom. The molecule has 11 heavy (non-hydrogen) atoms. The van der Waals surface area contributed by atoms with Crippen LogP contribution in [0.15, 0.2) is 0 Å². The van der Waals surface area contributed by atoms with Crippen molar-refractivity contribution in [2.24, 2.45) is 5.41 Å². The largest absolute Gasteiger partial charge is 0.396 e. The molecule has 1 nitrogen and oxygen atoms in total. The smallest absolute Gasteiger partial charge is 0.0495 e. The number of rotatable bonds is 6. The number of aliphatic hydroxyl groups is 1. The Hall–Kier alpha value is 0.310. The molecule has 0 spiro atoms. The number of unbranched alkanes of at least 4 members (excludes halogenated alkanes) is 1. The zero-order valence-electron chi connectivity index (χ0n) is 7.64. The number of aliphatic hydroxyl groups excluding tert-OH is 1. The zero-order chi connectivity index (χ0) is 8.74. The maximum atomic E-state index is 9.15. The van der Waals surface area contributed by atoms with Crippen LogP contribution in [0, 0.1) is 5.41 Å². The van der Waals surface area contributed by atoms with Gasteiger partial charge in [-0.3, -0.25) is 0 Å². The van der Waals surface area contributed by atoms with Crippen LogP contribution < -0.4 is 0 Å². The fourth-order valence-corrected chi connectivity index (χ4v) is 1.64. The Kier molecular flexibility index (Phi) is 6.06. The maximum Gasteiger partial charge on any atom is 0.0495 e. The molecule has 0 rings (SSSR count). The standard InChI is InChI=1S/C9H20OS/c1-3-5-6-9(4-2,7-10)8-11/h10-11H,3-8H2,1-2H3. The van der Waals surface area contributed by atoms with E-state index in [0.717, 1.165) is 18.6 Å². The SMILES string of the molecule is CCCCC(CC)(CO)CS. The van der Waals surface area contributed by atoms with E-state index < -0.39 is 0 Å². The molecular formula is C9H20OS. The van der Waals surface area contributed by atoms with E-state index in [9.17, 15) is 0 Å². The molecule has 0 saturated carbocycles. The van der Waals surface area contributed by atoms with E-state index in [0.29, 0.717) is 0 Å². The molecule has 0 saturated heterocycles. The van der Waals surface area contributed by atoms with E-state index in [-0.39, 0.29) is 12.0 Å². The molecule has 1 N–H and O–H groups in total. The predicted molar refractivity (Wildman–Crippen MR) is 53.2 cm³/mol.